The summed E-state index contributed by atoms with van der Waals surface area (Å²) in [6.07, 6.45) is 3.45. The maximum atomic E-state index is 2.36. The third kappa shape index (κ3) is 4.46. The molecule has 70 valence electrons. The molecule has 1 aromatic carbocycles. The molecule has 13 heavy (non-hydrogen) atoms. The van der Waals surface area contributed by atoms with Crippen LogP contribution < -0.4 is 0 Å². The molecule has 1 unspecified atom stereocenters. The molecular formula is C12H15I. The standard InChI is InChI=1S/C12H15I/c1-10(8-11(2)13)9-12-6-4-3-5-7-12/h3-8,10H,9H2,1-2H3/b11-8+. The van der Waals surface area contributed by atoms with Gasteiger partial charge in [0.2, 0.25) is 0 Å². The quantitative estimate of drug-likeness (QED) is 0.730. The molecule has 0 saturated heterocycles. The van der Waals surface area contributed by atoms with Crippen LogP contribution >= 0.6 is 22.6 Å². The molecule has 0 aliphatic carbocycles. The van der Waals surface area contributed by atoms with Crippen LogP contribution in [0.5, 0.6) is 0 Å². The Balaban J connectivity index is 2.55. The highest BCUT2D eigenvalue weighted by atomic mass is 127. The molecule has 1 aromatic rings. The van der Waals surface area contributed by atoms with Gasteiger partial charge in [-0.1, -0.05) is 43.3 Å². The minimum Gasteiger partial charge on any atom is -0.0723 e. The topological polar surface area (TPSA) is 0 Å². The largest absolute Gasteiger partial charge is 0.0723 e. The van der Waals surface area contributed by atoms with Crippen molar-refractivity contribution in [2.45, 2.75) is 20.3 Å². The molecule has 0 heterocycles. The van der Waals surface area contributed by atoms with E-state index in [-0.39, 0.29) is 0 Å². The van der Waals surface area contributed by atoms with E-state index in [0.29, 0.717) is 5.92 Å². The zero-order valence-corrected chi connectivity index (χ0v) is 10.3. The van der Waals surface area contributed by atoms with Gasteiger partial charge in [0, 0.05) is 0 Å². The molecule has 0 aliphatic heterocycles. The van der Waals surface area contributed by atoms with Crippen LogP contribution in [0.25, 0.3) is 0 Å². The van der Waals surface area contributed by atoms with Crippen LogP contribution in [-0.2, 0) is 6.42 Å². The average Bonchev–Trinajstić information content (AvgIpc) is 2.04. The van der Waals surface area contributed by atoms with E-state index < -0.39 is 0 Å². The first-order valence-electron chi connectivity index (χ1n) is 4.56. The number of hydrogen-bond acceptors (Lipinski definition) is 0. The second kappa shape index (κ2) is 5.43. The maximum absolute atomic E-state index is 2.36. The van der Waals surface area contributed by atoms with Crippen LogP contribution in [0.1, 0.15) is 19.4 Å². The Labute approximate surface area is 94.2 Å². The van der Waals surface area contributed by atoms with E-state index in [2.05, 4.69) is 72.8 Å². The Morgan fingerprint density at radius 2 is 2.00 bits per heavy atom. The second-order valence-electron chi connectivity index (χ2n) is 3.42. The predicted octanol–water partition coefficient (Wildman–Crippen LogP) is 4.20. The molecule has 0 aromatic heterocycles. The van der Waals surface area contributed by atoms with E-state index in [0.717, 1.165) is 6.42 Å². The lowest BCUT2D eigenvalue weighted by molar-refractivity contribution is 0.722. The van der Waals surface area contributed by atoms with Crippen LogP contribution in [0.15, 0.2) is 40.0 Å². The highest BCUT2D eigenvalue weighted by Crippen LogP contribution is 2.14. The van der Waals surface area contributed by atoms with Crippen LogP contribution in [-0.4, -0.2) is 0 Å². The van der Waals surface area contributed by atoms with E-state index in [1.165, 1.54) is 9.14 Å². The molecule has 0 nitrogen and oxygen atoms in total. The van der Waals surface area contributed by atoms with Crippen molar-refractivity contribution in [3.8, 4) is 0 Å². The van der Waals surface area contributed by atoms with Gasteiger partial charge in [0.15, 0.2) is 0 Å². The first kappa shape index (κ1) is 10.8. The first-order valence-corrected chi connectivity index (χ1v) is 5.64. The van der Waals surface area contributed by atoms with Crippen molar-refractivity contribution in [3.63, 3.8) is 0 Å². The van der Waals surface area contributed by atoms with Gasteiger partial charge in [0.1, 0.15) is 0 Å². The molecule has 1 rings (SSSR count). The van der Waals surface area contributed by atoms with Gasteiger partial charge in [-0.3, -0.25) is 0 Å². The van der Waals surface area contributed by atoms with Crippen molar-refractivity contribution in [2.24, 2.45) is 5.92 Å². The molecule has 0 spiro atoms. The molecule has 0 N–H and O–H groups in total. The lowest BCUT2D eigenvalue weighted by atomic mass is 10.0. The normalized spacial score (nSPS) is 14.2. The summed E-state index contributed by atoms with van der Waals surface area (Å²) in [7, 11) is 0. The van der Waals surface area contributed by atoms with Crippen LogP contribution in [0.3, 0.4) is 0 Å². The Morgan fingerprint density at radius 3 is 2.54 bits per heavy atom. The molecule has 1 heteroatoms. The monoisotopic (exact) mass is 286 g/mol. The minimum atomic E-state index is 0.638. The number of benzene rings is 1. The molecule has 1 atom stereocenters. The van der Waals surface area contributed by atoms with E-state index in [1.807, 2.05) is 0 Å². The molecule has 0 bridgehead atoms. The molecular weight excluding hydrogens is 271 g/mol. The zero-order valence-electron chi connectivity index (χ0n) is 8.13. The summed E-state index contributed by atoms with van der Waals surface area (Å²) in [6, 6.07) is 10.6. The smallest absolute Gasteiger partial charge is 0.0162 e. The number of hydrogen-bond donors (Lipinski definition) is 0. The van der Waals surface area contributed by atoms with Crippen molar-refractivity contribution in [1.29, 1.82) is 0 Å². The Bertz CT molecular complexity index is 270. The Hall–Kier alpha value is -0.310. The second-order valence-corrected chi connectivity index (χ2v) is 5.12. The number of allylic oxidation sites excluding steroid dienone is 2. The average molecular weight is 286 g/mol. The number of rotatable bonds is 3. The van der Waals surface area contributed by atoms with Gasteiger partial charge in [0.05, 0.1) is 0 Å². The Morgan fingerprint density at radius 1 is 1.38 bits per heavy atom. The summed E-state index contributed by atoms with van der Waals surface area (Å²) >= 11 is 2.36. The fourth-order valence-corrected chi connectivity index (χ4v) is 2.05. The van der Waals surface area contributed by atoms with Crippen molar-refractivity contribution < 1.29 is 0 Å². The summed E-state index contributed by atoms with van der Waals surface area (Å²) < 4.78 is 1.38. The molecule has 0 aliphatic rings. The predicted molar refractivity (Wildman–Crippen MR) is 67.1 cm³/mol. The van der Waals surface area contributed by atoms with Gasteiger partial charge in [0.25, 0.3) is 0 Å². The summed E-state index contributed by atoms with van der Waals surface area (Å²) in [5, 5.41) is 0. The molecule has 0 saturated carbocycles. The Kier molecular flexibility index (Phi) is 4.50. The minimum absolute atomic E-state index is 0.638. The van der Waals surface area contributed by atoms with Crippen molar-refractivity contribution in [2.75, 3.05) is 0 Å². The van der Waals surface area contributed by atoms with Gasteiger partial charge in [-0.2, -0.15) is 0 Å². The summed E-state index contributed by atoms with van der Waals surface area (Å²) in [4.78, 5) is 0. The molecule has 0 radical (unpaired) electrons. The van der Waals surface area contributed by atoms with Gasteiger partial charge in [-0.25, -0.2) is 0 Å². The van der Waals surface area contributed by atoms with Gasteiger partial charge in [-0.15, -0.1) is 0 Å². The van der Waals surface area contributed by atoms with Crippen LogP contribution in [0, 0.1) is 5.92 Å². The SMILES string of the molecule is C/C(I)=C\C(C)Cc1ccccc1. The van der Waals surface area contributed by atoms with Gasteiger partial charge < -0.3 is 0 Å². The van der Waals surface area contributed by atoms with Crippen LogP contribution in [0.2, 0.25) is 0 Å². The summed E-state index contributed by atoms with van der Waals surface area (Å²) in [5.74, 6) is 0.638. The molecule has 0 amide bonds. The van der Waals surface area contributed by atoms with Gasteiger partial charge >= 0.3 is 0 Å². The highest BCUT2D eigenvalue weighted by molar-refractivity contribution is 14.1. The fraction of sp³-hybridized carbons (Fsp3) is 0.333. The third-order valence-corrected chi connectivity index (χ3v) is 2.27. The highest BCUT2D eigenvalue weighted by Gasteiger charge is 1.99. The van der Waals surface area contributed by atoms with Gasteiger partial charge in [-0.05, 0) is 51.0 Å². The van der Waals surface area contributed by atoms with Crippen molar-refractivity contribution in [3.05, 3.63) is 45.6 Å². The van der Waals surface area contributed by atoms with Crippen molar-refractivity contribution in [1.82, 2.24) is 0 Å². The molecule has 0 fully saturated rings. The van der Waals surface area contributed by atoms with E-state index in [9.17, 15) is 0 Å². The number of halogens is 1. The lowest BCUT2D eigenvalue weighted by Crippen LogP contribution is -1.95. The summed E-state index contributed by atoms with van der Waals surface area (Å²) in [5.41, 5.74) is 1.42. The van der Waals surface area contributed by atoms with Crippen LogP contribution in [0.4, 0.5) is 0 Å². The van der Waals surface area contributed by atoms with E-state index in [1.54, 1.807) is 0 Å². The lowest BCUT2D eigenvalue weighted by Gasteiger charge is -2.06. The first-order chi connectivity index (χ1) is 6.18. The third-order valence-electron chi connectivity index (χ3n) is 1.91. The van der Waals surface area contributed by atoms with E-state index in [4.69, 9.17) is 0 Å². The zero-order chi connectivity index (χ0) is 9.68. The summed E-state index contributed by atoms with van der Waals surface area (Å²) in [6.45, 7) is 4.40. The van der Waals surface area contributed by atoms with E-state index >= 15 is 0 Å². The fourth-order valence-electron chi connectivity index (χ4n) is 1.44. The van der Waals surface area contributed by atoms with Crippen molar-refractivity contribution >= 4 is 22.6 Å². The maximum Gasteiger partial charge on any atom is -0.0162 e.